The van der Waals surface area contributed by atoms with Crippen molar-refractivity contribution in [2.75, 3.05) is 46.3 Å². The van der Waals surface area contributed by atoms with Crippen LogP contribution in [0, 0.1) is 0 Å². The molecule has 2 aromatic rings. The van der Waals surface area contributed by atoms with Gasteiger partial charge in [0, 0.05) is 66.8 Å². The zero-order chi connectivity index (χ0) is 20.4. The summed E-state index contributed by atoms with van der Waals surface area (Å²) in [5.41, 5.74) is 1.87. The number of piperidine rings is 1. The second-order valence-corrected chi connectivity index (χ2v) is 8.99. The Morgan fingerprint density at radius 1 is 0.931 bits per heavy atom. The van der Waals surface area contributed by atoms with Crippen LogP contribution < -0.4 is 0 Å². The van der Waals surface area contributed by atoms with Crippen molar-refractivity contribution in [1.82, 2.24) is 14.7 Å². The predicted molar refractivity (Wildman–Crippen MR) is 119 cm³/mol. The Balaban J connectivity index is 1.57. The van der Waals surface area contributed by atoms with Crippen LogP contribution in [0.5, 0.6) is 0 Å². The van der Waals surface area contributed by atoms with Gasteiger partial charge in [-0.05, 0) is 37.2 Å². The molecule has 1 amide bonds. The summed E-state index contributed by atoms with van der Waals surface area (Å²) in [6, 6.07) is 16.1. The van der Waals surface area contributed by atoms with Gasteiger partial charge in [0.1, 0.15) is 0 Å². The van der Waals surface area contributed by atoms with E-state index in [0.717, 1.165) is 39.1 Å². The maximum Gasteiger partial charge on any atom is 0.253 e. The number of benzene rings is 2. The Morgan fingerprint density at radius 3 is 2.24 bits per heavy atom. The van der Waals surface area contributed by atoms with Crippen LogP contribution in [0.2, 0.25) is 10.0 Å². The summed E-state index contributed by atoms with van der Waals surface area (Å²) < 4.78 is 0. The monoisotopic (exact) mass is 431 g/mol. The number of carbonyl (C=O) groups is 1. The zero-order valence-electron chi connectivity index (χ0n) is 16.7. The lowest BCUT2D eigenvalue weighted by atomic mass is 9.84. The van der Waals surface area contributed by atoms with Crippen LogP contribution in [0.25, 0.3) is 0 Å². The second kappa shape index (κ2) is 9.05. The maximum atomic E-state index is 13.2. The predicted octanol–water partition coefficient (Wildman–Crippen LogP) is 4.24. The summed E-state index contributed by atoms with van der Waals surface area (Å²) in [5, 5.41) is 0.987. The highest BCUT2D eigenvalue weighted by atomic mass is 35.5. The van der Waals surface area contributed by atoms with Gasteiger partial charge in [-0.2, -0.15) is 0 Å². The number of nitrogens with zero attached hydrogens (tertiary/aromatic N) is 3. The van der Waals surface area contributed by atoms with Gasteiger partial charge in [-0.1, -0.05) is 53.5 Å². The molecule has 0 bridgehead atoms. The van der Waals surface area contributed by atoms with E-state index in [9.17, 15) is 4.79 Å². The molecule has 0 radical (unpaired) electrons. The van der Waals surface area contributed by atoms with Gasteiger partial charge in [0.15, 0.2) is 0 Å². The van der Waals surface area contributed by atoms with E-state index in [-0.39, 0.29) is 5.91 Å². The molecule has 2 aromatic carbocycles. The number of hydrogen-bond donors (Lipinski definition) is 0. The van der Waals surface area contributed by atoms with Gasteiger partial charge in [-0.25, -0.2) is 0 Å². The summed E-state index contributed by atoms with van der Waals surface area (Å²) >= 11 is 12.3. The van der Waals surface area contributed by atoms with E-state index in [0.29, 0.717) is 34.1 Å². The largest absolute Gasteiger partial charge is 0.338 e. The van der Waals surface area contributed by atoms with E-state index >= 15 is 0 Å². The highest BCUT2D eigenvalue weighted by Gasteiger charge is 2.37. The summed E-state index contributed by atoms with van der Waals surface area (Å²) in [4.78, 5) is 20.2. The molecule has 2 heterocycles. The Hall–Kier alpha value is -1.59. The average molecular weight is 432 g/mol. The summed E-state index contributed by atoms with van der Waals surface area (Å²) in [6.45, 7) is 5.83. The molecule has 4 nitrogen and oxygen atoms in total. The van der Waals surface area contributed by atoms with E-state index < -0.39 is 0 Å². The van der Waals surface area contributed by atoms with Crippen LogP contribution >= 0.6 is 23.2 Å². The first-order valence-corrected chi connectivity index (χ1v) is 11.0. The van der Waals surface area contributed by atoms with Gasteiger partial charge in [0.2, 0.25) is 0 Å². The van der Waals surface area contributed by atoms with Crippen molar-refractivity contribution < 1.29 is 4.79 Å². The minimum atomic E-state index is 0.00663. The van der Waals surface area contributed by atoms with Crippen LogP contribution in [0.3, 0.4) is 0 Å². The molecule has 2 atom stereocenters. The average Bonchev–Trinajstić information content (AvgIpc) is 2.73. The Morgan fingerprint density at radius 2 is 1.59 bits per heavy atom. The van der Waals surface area contributed by atoms with Crippen LogP contribution in [-0.4, -0.2) is 73.0 Å². The Kier molecular flexibility index (Phi) is 6.45. The van der Waals surface area contributed by atoms with Crippen LogP contribution in [0.4, 0.5) is 0 Å². The molecule has 154 valence electrons. The van der Waals surface area contributed by atoms with Crippen molar-refractivity contribution >= 4 is 29.1 Å². The molecule has 2 saturated heterocycles. The van der Waals surface area contributed by atoms with E-state index in [1.807, 2.05) is 11.0 Å². The van der Waals surface area contributed by atoms with Crippen molar-refractivity contribution in [2.45, 2.75) is 18.4 Å². The molecule has 2 aliphatic rings. The number of carbonyl (C=O) groups excluding carboxylic acids is 1. The minimum Gasteiger partial charge on any atom is -0.338 e. The van der Waals surface area contributed by atoms with E-state index in [4.69, 9.17) is 23.2 Å². The smallest absolute Gasteiger partial charge is 0.253 e. The summed E-state index contributed by atoms with van der Waals surface area (Å²) in [5.74, 6) is 0.305. The standard InChI is InChI=1S/C23H27Cl2N3O/c1-26-9-11-27(12-10-26)22-7-8-28(16-21(22)17-5-3-2-4-6-17)23(29)18-13-19(24)15-20(25)14-18/h2-6,13-15,21-22H,7-12,16H2,1H3/t21-,22-/m0/s1. The van der Waals surface area contributed by atoms with Crippen molar-refractivity contribution in [3.63, 3.8) is 0 Å². The fourth-order valence-electron chi connectivity index (χ4n) is 4.60. The van der Waals surface area contributed by atoms with Gasteiger partial charge in [-0.3, -0.25) is 9.69 Å². The van der Waals surface area contributed by atoms with E-state index in [1.54, 1.807) is 18.2 Å². The molecule has 0 saturated carbocycles. The zero-order valence-corrected chi connectivity index (χ0v) is 18.2. The SMILES string of the molecule is CN1CCN([C@H]2CCN(C(=O)c3cc(Cl)cc(Cl)c3)C[C@H]2c2ccccc2)CC1. The van der Waals surface area contributed by atoms with E-state index in [2.05, 4.69) is 41.1 Å². The first kappa shape index (κ1) is 20.7. The van der Waals surface area contributed by atoms with Crippen LogP contribution in [0.15, 0.2) is 48.5 Å². The third kappa shape index (κ3) is 4.77. The number of likely N-dealkylation sites (N-methyl/N-ethyl adjacent to an activating group) is 1. The lowest BCUT2D eigenvalue weighted by molar-refractivity contribution is 0.0427. The molecule has 2 fully saturated rings. The molecular formula is C23H27Cl2N3O. The molecule has 6 heteroatoms. The van der Waals surface area contributed by atoms with Gasteiger partial charge in [0.05, 0.1) is 0 Å². The molecule has 0 aromatic heterocycles. The number of piperazine rings is 1. The Labute approximate surface area is 183 Å². The first-order chi connectivity index (χ1) is 14.0. The van der Waals surface area contributed by atoms with Gasteiger partial charge < -0.3 is 9.80 Å². The molecule has 4 rings (SSSR count). The topological polar surface area (TPSA) is 26.8 Å². The van der Waals surface area contributed by atoms with E-state index in [1.165, 1.54) is 5.56 Å². The number of likely N-dealkylation sites (tertiary alicyclic amines) is 1. The van der Waals surface area contributed by atoms with Crippen molar-refractivity contribution in [1.29, 1.82) is 0 Å². The lowest BCUT2D eigenvalue weighted by Gasteiger charge is -2.46. The number of hydrogen-bond acceptors (Lipinski definition) is 3. The first-order valence-electron chi connectivity index (χ1n) is 10.2. The summed E-state index contributed by atoms with van der Waals surface area (Å²) in [6.07, 6.45) is 0.976. The molecule has 2 aliphatic heterocycles. The minimum absolute atomic E-state index is 0.00663. The fraction of sp³-hybridized carbons (Fsp3) is 0.435. The third-order valence-electron chi connectivity index (χ3n) is 6.21. The number of rotatable bonds is 3. The van der Waals surface area contributed by atoms with Crippen LogP contribution in [-0.2, 0) is 0 Å². The number of halogens is 2. The molecule has 0 spiro atoms. The lowest BCUT2D eigenvalue weighted by Crippen LogP contribution is -2.56. The fourth-order valence-corrected chi connectivity index (χ4v) is 5.13. The molecule has 0 N–H and O–H groups in total. The normalized spacial score (nSPS) is 23.9. The van der Waals surface area contributed by atoms with Gasteiger partial charge >= 0.3 is 0 Å². The van der Waals surface area contributed by atoms with Crippen LogP contribution in [0.1, 0.15) is 28.3 Å². The number of amides is 1. The second-order valence-electron chi connectivity index (χ2n) is 8.12. The summed E-state index contributed by atoms with van der Waals surface area (Å²) in [7, 11) is 2.18. The highest BCUT2D eigenvalue weighted by molar-refractivity contribution is 6.35. The highest BCUT2D eigenvalue weighted by Crippen LogP contribution is 2.32. The molecule has 0 aliphatic carbocycles. The van der Waals surface area contributed by atoms with Crippen molar-refractivity contribution in [3.8, 4) is 0 Å². The molecular weight excluding hydrogens is 405 g/mol. The Bertz CT molecular complexity index is 832. The third-order valence-corrected chi connectivity index (χ3v) is 6.64. The quantitative estimate of drug-likeness (QED) is 0.726. The molecule has 0 unspecified atom stereocenters. The van der Waals surface area contributed by atoms with Crippen molar-refractivity contribution in [2.24, 2.45) is 0 Å². The van der Waals surface area contributed by atoms with Gasteiger partial charge in [-0.15, -0.1) is 0 Å². The van der Waals surface area contributed by atoms with Gasteiger partial charge in [0.25, 0.3) is 5.91 Å². The molecule has 29 heavy (non-hydrogen) atoms. The van der Waals surface area contributed by atoms with Crippen molar-refractivity contribution in [3.05, 3.63) is 69.7 Å². The maximum absolute atomic E-state index is 13.2.